The van der Waals surface area contributed by atoms with Crippen molar-refractivity contribution in [3.8, 4) is 0 Å². The van der Waals surface area contributed by atoms with E-state index in [-0.39, 0.29) is 27.8 Å². The highest BCUT2D eigenvalue weighted by Gasteiger charge is 2.29. The Balaban J connectivity index is 1.82. The number of nitrogens with two attached hydrogens (primary N) is 1. The number of hydrogen-bond donors (Lipinski definition) is 2. The Labute approximate surface area is 170 Å². The lowest BCUT2D eigenvalue weighted by molar-refractivity contribution is -0.0328. The summed E-state index contributed by atoms with van der Waals surface area (Å²) in [6, 6.07) is 10.1. The minimum Gasteiger partial charge on any atom is -0.370 e. The Morgan fingerprint density at radius 1 is 0.966 bits per heavy atom. The van der Waals surface area contributed by atoms with Gasteiger partial charge in [-0.25, -0.2) is 0 Å². The van der Waals surface area contributed by atoms with E-state index in [1.807, 2.05) is 0 Å². The van der Waals surface area contributed by atoms with Gasteiger partial charge in [0.05, 0.1) is 11.4 Å². The molecule has 9 heteroatoms. The molecular weight excluding hydrogens is 403 g/mol. The second kappa shape index (κ2) is 8.77. The first-order valence-electron chi connectivity index (χ1n) is 9.09. The number of carbonyl (C=O) groups excluding carboxylic acids is 2. The molecule has 0 unspecified atom stereocenters. The maximum absolute atomic E-state index is 12.7. The molecule has 154 valence electrons. The van der Waals surface area contributed by atoms with Crippen LogP contribution in [0.5, 0.6) is 0 Å². The van der Waals surface area contributed by atoms with Crippen molar-refractivity contribution in [2.45, 2.75) is 29.7 Å². The van der Waals surface area contributed by atoms with Gasteiger partial charge in [-0.2, -0.15) is 13.2 Å². The molecule has 0 spiro atoms. The Morgan fingerprint density at radius 3 is 2.17 bits per heavy atom. The monoisotopic (exact) mass is 423 g/mol. The van der Waals surface area contributed by atoms with E-state index in [9.17, 15) is 22.8 Å². The fourth-order valence-corrected chi connectivity index (χ4v) is 3.74. The predicted molar refractivity (Wildman–Crippen MR) is 107 cm³/mol. The Bertz CT molecular complexity index is 895. The van der Waals surface area contributed by atoms with Crippen molar-refractivity contribution in [3.05, 3.63) is 53.6 Å². The zero-order valence-corrected chi connectivity index (χ0v) is 16.3. The van der Waals surface area contributed by atoms with Crippen LogP contribution < -0.4 is 16.0 Å². The Morgan fingerprint density at radius 2 is 1.59 bits per heavy atom. The van der Waals surface area contributed by atoms with Crippen LogP contribution in [-0.4, -0.2) is 30.4 Å². The van der Waals surface area contributed by atoms with Crippen LogP contribution in [0.4, 0.5) is 24.5 Å². The molecule has 1 aliphatic heterocycles. The number of benzene rings is 2. The van der Waals surface area contributed by atoms with Gasteiger partial charge < -0.3 is 16.0 Å². The molecule has 1 fully saturated rings. The molecule has 0 bridgehead atoms. The maximum Gasteiger partial charge on any atom is 0.446 e. The lowest BCUT2D eigenvalue weighted by atomic mass is 10.1. The number of halogens is 3. The van der Waals surface area contributed by atoms with E-state index in [4.69, 9.17) is 5.73 Å². The summed E-state index contributed by atoms with van der Waals surface area (Å²) in [7, 11) is 0. The molecule has 2 aromatic carbocycles. The average molecular weight is 423 g/mol. The topological polar surface area (TPSA) is 75.4 Å². The number of thioether (sulfide) groups is 1. The fourth-order valence-electron chi connectivity index (χ4n) is 3.20. The first-order chi connectivity index (χ1) is 13.7. The maximum atomic E-state index is 12.7. The quantitative estimate of drug-likeness (QED) is 0.687. The molecule has 0 saturated carbocycles. The van der Waals surface area contributed by atoms with E-state index < -0.39 is 17.3 Å². The van der Waals surface area contributed by atoms with Gasteiger partial charge in [-0.3, -0.25) is 9.59 Å². The second-order valence-electron chi connectivity index (χ2n) is 6.67. The first kappa shape index (κ1) is 21.0. The van der Waals surface area contributed by atoms with Crippen LogP contribution in [0.25, 0.3) is 0 Å². The third-order valence-corrected chi connectivity index (χ3v) is 5.32. The normalized spacial score (nSPS) is 14.5. The minimum absolute atomic E-state index is 0.00113. The molecule has 0 aliphatic carbocycles. The molecule has 29 heavy (non-hydrogen) atoms. The molecule has 1 saturated heterocycles. The van der Waals surface area contributed by atoms with Crippen LogP contribution >= 0.6 is 11.8 Å². The average Bonchev–Trinajstić information content (AvgIpc) is 2.68. The lowest BCUT2D eigenvalue weighted by Crippen LogP contribution is -2.30. The molecule has 1 heterocycles. The summed E-state index contributed by atoms with van der Waals surface area (Å²) in [5.74, 6) is -1.09. The first-order valence-corrected chi connectivity index (χ1v) is 9.90. The smallest absolute Gasteiger partial charge is 0.370 e. The van der Waals surface area contributed by atoms with Crippen LogP contribution in [0, 0.1) is 0 Å². The van der Waals surface area contributed by atoms with Gasteiger partial charge in [-0.15, -0.1) is 0 Å². The number of amides is 2. The molecule has 0 aromatic heterocycles. The van der Waals surface area contributed by atoms with E-state index in [0.717, 1.165) is 38.0 Å². The fraction of sp³-hybridized carbons (Fsp3) is 0.300. The number of primary amides is 1. The summed E-state index contributed by atoms with van der Waals surface area (Å²) in [6.07, 6.45) is 3.20. The van der Waals surface area contributed by atoms with Gasteiger partial charge >= 0.3 is 5.51 Å². The molecule has 2 aromatic rings. The molecule has 0 radical (unpaired) electrons. The van der Waals surface area contributed by atoms with Crippen molar-refractivity contribution < 1.29 is 22.8 Å². The third kappa shape index (κ3) is 5.66. The van der Waals surface area contributed by atoms with Gasteiger partial charge in [0.2, 0.25) is 5.91 Å². The highest BCUT2D eigenvalue weighted by Crippen LogP contribution is 2.37. The summed E-state index contributed by atoms with van der Waals surface area (Å²) in [4.78, 5) is 26.3. The van der Waals surface area contributed by atoms with Crippen molar-refractivity contribution in [2.75, 3.05) is 23.3 Å². The molecule has 1 aliphatic rings. The highest BCUT2D eigenvalue weighted by atomic mass is 32.2. The van der Waals surface area contributed by atoms with Crippen LogP contribution in [0.1, 0.15) is 40.0 Å². The zero-order chi connectivity index (χ0) is 21.0. The van der Waals surface area contributed by atoms with Crippen molar-refractivity contribution >= 4 is 35.0 Å². The zero-order valence-electron chi connectivity index (χ0n) is 15.5. The Kier molecular flexibility index (Phi) is 6.36. The number of piperidine rings is 1. The van der Waals surface area contributed by atoms with Crippen molar-refractivity contribution in [1.82, 2.24) is 0 Å². The summed E-state index contributed by atoms with van der Waals surface area (Å²) >= 11 is -0.238. The largest absolute Gasteiger partial charge is 0.446 e. The summed E-state index contributed by atoms with van der Waals surface area (Å²) in [6.45, 7) is 1.67. The van der Waals surface area contributed by atoms with Crippen molar-refractivity contribution in [2.24, 2.45) is 5.73 Å². The number of rotatable bonds is 5. The summed E-state index contributed by atoms with van der Waals surface area (Å²) < 4.78 is 37.4. The molecule has 3 N–H and O–H groups in total. The molecular formula is C20H20F3N3O2S. The number of nitrogens with zero attached hydrogens (tertiary/aromatic N) is 1. The third-order valence-electron chi connectivity index (χ3n) is 4.58. The van der Waals surface area contributed by atoms with Crippen LogP contribution in [0.15, 0.2) is 47.4 Å². The van der Waals surface area contributed by atoms with Gasteiger partial charge in [-0.05, 0) is 73.5 Å². The van der Waals surface area contributed by atoms with E-state index in [1.165, 1.54) is 30.3 Å². The number of nitrogens with one attached hydrogen (secondary N) is 1. The van der Waals surface area contributed by atoms with E-state index in [1.54, 1.807) is 12.1 Å². The predicted octanol–water partition coefficient (Wildman–Crippen LogP) is 4.64. The SMILES string of the molecule is NC(=O)c1ccc(N2CCCCC2)c(NC(=O)c2ccc(SC(F)(F)F)cc2)c1. The molecule has 0 atom stereocenters. The van der Waals surface area contributed by atoms with Gasteiger partial charge in [-0.1, -0.05) is 0 Å². The van der Waals surface area contributed by atoms with E-state index >= 15 is 0 Å². The molecule has 5 nitrogen and oxygen atoms in total. The van der Waals surface area contributed by atoms with E-state index in [2.05, 4.69) is 10.2 Å². The lowest BCUT2D eigenvalue weighted by Gasteiger charge is -2.30. The van der Waals surface area contributed by atoms with Gasteiger partial charge in [0.15, 0.2) is 0 Å². The second-order valence-corrected chi connectivity index (χ2v) is 7.81. The van der Waals surface area contributed by atoms with E-state index in [0.29, 0.717) is 5.69 Å². The summed E-state index contributed by atoms with van der Waals surface area (Å²) in [5.41, 5.74) is 2.68. The Hall–Kier alpha value is -2.68. The minimum atomic E-state index is -4.39. The summed E-state index contributed by atoms with van der Waals surface area (Å²) in [5, 5.41) is 2.77. The van der Waals surface area contributed by atoms with Gasteiger partial charge in [0.25, 0.3) is 5.91 Å². The molecule has 2 amide bonds. The number of alkyl halides is 3. The van der Waals surface area contributed by atoms with Crippen LogP contribution in [0.2, 0.25) is 0 Å². The number of anilines is 2. The highest BCUT2D eigenvalue weighted by molar-refractivity contribution is 8.00. The standard InChI is InChI=1S/C20H20F3N3O2S/c21-20(22,23)29-15-7-4-13(5-8-15)19(28)25-16-12-14(18(24)27)6-9-17(16)26-10-2-1-3-11-26/h4-9,12H,1-3,10-11H2,(H2,24,27)(H,25,28). The van der Waals surface area contributed by atoms with Gasteiger partial charge in [0, 0.05) is 29.1 Å². The van der Waals surface area contributed by atoms with Crippen LogP contribution in [-0.2, 0) is 0 Å². The van der Waals surface area contributed by atoms with Crippen molar-refractivity contribution in [3.63, 3.8) is 0 Å². The van der Waals surface area contributed by atoms with Crippen LogP contribution in [0.3, 0.4) is 0 Å². The van der Waals surface area contributed by atoms with Gasteiger partial charge in [0.1, 0.15) is 0 Å². The number of carbonyl (C=O) groups is 2. The number of hydrogen-bond acceptors (Lipinski definition) is 4. The van der Waals surface area contributed by atoms with Crippen molar-refractivity contribution in [1.29, 1.82) is 0 Å². The molecule has 3 rings (SSSR count).